The topological polar surface area (TPSA) is 149 Å². The maximum absolute atomic E-state index is 6.74. The summed E-state index contributed by atoms with van der Waals surface area (Å²) in [7, 11) is 4.15. The lowest BCUT2D eigenvalue weighted by Gasteiger charge is -2.36. The van der Waals surface area contributed by atoms with Crippen molar-refractivity contribution in [2.45, 2.75) is 58.5 Å². The molecule has 2 fully saturated rings. The Morgan fingerprint density at radius 1 is 0.774 bits per heavy atom. The molecule has 6 heterocycles. The highest BCUT2D eigenvalue weighted by molar-refractivity contribution is 6.35. The van der Waals surface area contributed by atoms with E-state index in [1.54, 1.807) is 0 Å². The molecular weight excluding hydrogens is 686 g/mol. The van der Waals surface area contributed by atoms with Gasteiger partial charge in [-0.1, -0.05) is 41.9 Å². The Bertz CT molecular complexity index is 2040. The van der Waals surface area contributed by atoms with E-state index in [1.165, 1.54) is 0 Å². The van der Waals surface area contributed by atoms with Gasteiger partial charge in [-0.2, -0.15) is 19.9 Å². The number of piperidine rings is 2. The molecule has 2 aliphatic heterocycles. The van der Waals surface area contributed by atoms with Crippen LogP contribution in [-0.2, 0) is 0 Å². The summed E-state index contributed by atoms with van der Waals surface area (Å²) < 4.78 is 0. The van der Waals surface area contributed by atoms with Crippen LogP contribution >= 0.6 is 11.6 Å². The number of halogens is 1. The Hall–Kier alpha value is -4.43. The molecule has 2 saturated heterocycles. The van der Waals surface area contributed by atoms with Crippen LogP contribution in [0.5, 0.6) is 0 Å². The summed E-state index contributed by atoms with van der Waals surface area (Å²) in [5, 5.41) is 13.0. The van der Waals surface area contributed by atoms with E-state index >= 15 is 0 Å². The van der Waals surface area contributed by atoms with E-state index in [0.717, 1.165) is 123 Å². The van der Waals surface area contributed by atoms with Gasteiger partial charge < -0.3 is 36.4 Å². The van der Waals surface area contributed by atoms with Crippen LogP contribution in [-0.4, -0.2) is 123 Å². The van der Waals surface area contributed by atoms with Crippen molar-refractivity contribution in [1.82, 2.24) is 44.6 Å². The van der Waals surface area contributed by atoms with Gasteiger partial charge in [0, 0.05) is 75.7 Å². The third-order valence-corrected chi connectivity index (χ3v) is 10.9. The largest absolute Gasteiger partial charge is 0.383 e. The zero-order chi connectivity index (χ0) is 37.1. The number of pyridine rings is 2. The maximum atomic E-state index is 6.74. The minimum atomic E-state index is 0.274. The molecule has 2 aliphatic rings. The van der Waals surface area contributed by atoms with Gasteiger partial charge >= 0.3 is 0 Å². The second-order valence-electron chi connectivity index (χ2n) is 14.8. The standard InChI is InChI=1S/C39H52ClN13/c1-24-23-25(2)43-36-30(24)35(42-15-20-51(4)5)48-39(49-36)46-29-13-18-53(19-14-29)22-21-52-16-11-28(12-17-52)45-38-47-34(41)32-31(27-9-7-6-8-10-27)33(40)26(3)44-37(32)50-38/h6-10,23,28-29H,11-22H2,1-5H3,(H3,41,44,45,47,50)(H2,42,43,46,48,49). The summed E-state index contributed by atoms with van der Waals surface area (Å²) in [5.74, 6) is 2.41. The van der Waals surface area contributed by atoms with E-state index in [9.17, 15) is 0 Å². The van der Waals surface area contributed by atoms with Gasteiger partial charge in [0.15, 0.2) is 11.3 Å². The number of benzene rings is 1. The molecule has 1 aromatic carbocycles. The van der Waals surface area contributed by atoms with Crippen molar-refractivity contribution in [2.24, 2.45) is 0 Å². The molecule has 0 radical (unpaired) electrons. The van der Waals surface area contributed by atoms with Crippen LogP contribution in [0.15, 0.2) is 36.4 Å². The van der Waals surface area contributed by atoms with Gasteiger partial charge in [-0.25, -0.2) is 9.97 Å². The molecular formula is C39H52ClN13. The molecule has 4 aromatic heterocycles. The Morgan fingerprint density at radius 3 is 1.96 bits per heavy atom. The van der Waals surface area contributed by atoms with Crippen LogP contribution in [0, 0.1) is 20.8 Å². The lowest BCUT2D eigenvalue weighted by atomic mass is 10.0. The van der Waals surface area contributed by atoms with Crippen molar-refractivity contribution in [1.29, 1.82) is 0 Å². The van der Waals surface area contributed by atoms with E-state index in [4.69, 9.17) is 37.3 Å². The normalized spacial score (nSPS) is 16.5. The number of nitrogens with zero attached hydrogens (tertiary/aromatic N) is 9. The van der Waals surface area contributed by atoms with Gasteiger partial charge in [0.2, 0.25) is 11.9 Å². The summed E-state index contributed by atoms with van der Waals surface area (Å²) in [6, 6.07) is 12.7. The van der Waals surface area contributed by atoms with Gasteiger partial charge in [0.25, 0.3) is 0 Å². The molecule has 5 N–H and O–H groups in total. The van der Waals surface area contributed by atoms with Crippen molar-refractivity contribution in [3.05, 3.63) is 58.4 Å². The van der Waals surface area contributed by atoms with Crippen molar-refractivity contribution < 1.29 is 0 Å². The Labute approximate surface area is 317 Å². The zero-order valence-electron chi connectivity index (χ0n) is 31.6. The van der Waals surface area contributed by atoms with Crippen LogP contribution in [0.25, 0.3) is 33.2 Å². The van der Waals surface area contributed by atoms with E-state index in [1.807, 2.05) is 44.2 Å². The number of rotatable bonds is 12. The summed E-state index contributed by atoms with van der Waals surface area (Å²) in [6.45, 7) is 14.0. The minimum absolute atomic E-state index is 0.274. The number of anilines is 4. The Kier molecular flexibility index (Phi) is 11.3. The first-order chi connectivity index (χ1) is 25.6. The minimum Gasteiger partial charge on any atom is -0.383 e. The molecule has 5 aromatic rings. The average Bonchev–Trinajstić information content (AvgIpc) is 3.12. The van der Waals surface area contributed by atoms with Crippen molar-refractivity contribution in [3.63, 3.8) is 0 Å². The highest BCUT2D eigenvalue weighted by Crippen LogP contribution is 2.38. The first-order valence-corrected chi connectivity index (χ1v) is 19.2. The maximum Gasteiger partial charge on any atom is 0.226 e. The van der Waals surface area contributed by atoms with E-state index in [0.29, 0.717) is 39.8 Å². The third-order valence-electron chi connectivity index (χ3n) is 10.5. The number of fused-ring (bicyclic) bond motifs is 2. The van der Waals surface area contributed by atoms with E-state index < -0.39 is 0 Å². The van der Waals surface area contributed by atoms with Crippen LogP contribution in [0.1, 0.15) is 42.6 Å². The molecule has 7 rings (SSSR count). The number of hydrogen-bond donors (Lipinski definition) is 4. The fourth-order valence-corrected chi connectivity index (χ4v) is 7.79. The predicted octanol–water partition coefficient (Wildman–Crippen LogP) is 5.62. The Balaban J connectivity index is 0.893. The molecule has 0 aliphatic carbocycles. The highest BCUT2D eigenvalue weighted by atomic mass is 35.5. The number of nitrogens with two attached hydrogens (primary N) is 1. The lowest BCUT2D eigenvalue weighted by molar-refractivity contribution is 0.158. The molecule has 280 valence electrons. The number of aromatic nitrogens is 6. The third kappa shape index (κ3) is 8.70. The fourth-order valence-electron chi connectivity index (χ4n) is 7.54. The van der Waals surface area contributed by atoms with Crippen LogP contribution in [0.4, 0.5) is 23.5 Å². The number of nitrogens with one attached hydrogen (secondary N) is 3. The van der Waals surface area contributed by atoms with Gasteiger partial charge in [-0.3, -0.25) is 0 Å². The number of likely N-dealkylation sites (N-methyl/N-ethyl adjacent to an activating group) is 1. The van der Waals surface area contributed by atoms with E-state index in [2.05, 4.69) is 67.7 Å². The molecule has 0 unspecified atom stereocenters. The summed E-state index contributed by atoms with van der Waals surface area (Å²) in [5.41, 5.74) is 12.5. The first kappa shape index (κ1) is 36.9. The van der Waals surface area contributed by atoms with Crippen molar-refractivity contribution in [3.8, 4) is 11.1 Å². The van der Waals surface area contributed by atoms with Crippen molar-refractivity contribution >= 4 is 57.2 Å². The SMILES string of the molecule is Cc1cc(C)c2c(NCCN(C)C)nc(NC3CCN(CCN4CCC(Nc5nc(N)c6c(-c7ccccc7)c(Cl)c(C)nc6n5)CC4)CC3)nc2n1. The molecule has 0 saturated carbocycles. The highest BCUT2D eigenvalue weighted by Gasteiger charge is 2.25. The second kappa shape index (κ2) is 16.3. The van der Waals surface area contributed by atoms with Gasteiger partial charge in [0.05, 0.1) is 21.5 Å². The number of aryl methyl sites for hydroxylation is 3. The molecule has 53 heavy (non-hydrogen) atoms. The van der Waals surface area contributed by atoms with Crippen molar-refractivity contribution in [2.75, 3.05) is 88.1 Å². The van der Waals surface area contributed by atoms with Gasteiger partial charge in [-0.05, 0) is 77.7 Å². The van der Waals surface area contributed by atoms with Crippen LogP contribution in [0.2, 0.25) is 5.02 Å². The molecule has 13 nitrogen and oxygen atoms in total. The second-order valence-corrected chi connectivity index (χ2v) is 15.2. The fraction of sp³-hybridized carbons (Fsp3) is 0.487. The van der Waals surface area contributed by atoms with Crippen LogP contribution in [0.3, 0.4) is 0 Å². The number of hydrogen-bond acceptors (Lipinski definition) is 13. The average molecular weight is 738 g/mol. The molecule has 0 spiro atoms. The molecule has 0 bridgehead atoms. The molecule has 0 atom stereocenters. The van der Waals surface area contributed by atoms with E-state index in [-0.39, 0.29) is 6.04 Å². The molecule has 14 heteroatoms. The predicted molar refractivity (Wildman–Crippen MR) is 217 cm³/mol. The lowest BCUT2D eigenvalue weighted by Crippen LogP contribution is -2.45. The quantitative estimate of drug-likeness (QED) is 0.126. The van der Waals surface area contributed by atoms with Crippen LogP contribution < -0.4 is 21.7 Å². The van der Waals surface area contributed by atoms with Gasteiger partial charge in [-0.15, -0.1) is 0 Å². The Morgan fingerprint density at radius 2 is 1.36 bits per heavy atom. The monoisotopic (exact) mass is 737 g/mol. The smallest absolute Gasteiger partial charge is 0.226 e. The summed E-state index contributed by atoms with van der Waals surface area (Å²) >= 11 is 6.74. The summed E-state index contributed by atoms with van der Waals surface area (Å²) in [6.07, 6.45) is 4.14. The first-order valence-electron chi connectivity index (χ1n) is 18.8. The number of nitrogen functional groups attached to an aromatic ring is 1. The molecule has 0 amide bonds. The number of likely N-dealkylation sites (tertiary alicyclic amines) is 2. The summed E-state index contributed by atoms with van der Waals surface area (Å²) in [4.78, 5) is 36.0. The van der Waals surface area contributed by atoms with Gasteiger partial charge in [0.1, 0.15) is 11.6 Å². The zero-order valence-corrected chi connectivity index (χ0v) is 32.3.